The second-order valence-corrected chi connectivity index (χ2v) is 8.06. The van der Waals surface area contributed by atoms with Gasteiger partial charge < -0.3 is 9.15 Å². The van der Waals surface area contributed by atoms with Gasteiger partial charge in [-0.25, -0.2) is 9.67 Å². The second-order valence-electron chi connectivity index (χ2n) is 5.11. The maximum Gasteiger partial charge on any atom is 0.455 e. The van der Waals surface area contributed by atoms with E-state index in [1.807, 2.05) is 48.5 Å². The fourth-order valence-corrected chi connectivity index (χ4v) is 3.18. The van der Waals surface area contributed by atoms with Crippen LogP contribution in [0.15, 0.2) is 78.5 Å². The lowest BCUT2D eigenvalue weighted by atomic mass is 10.1. The van der Waals surface area contributed by atoms with Gasteiger partial charge in [0.05, 0.1) is 6.54 Å². The lowest BCUT2D eigenvalue weighted by Gasteiger charge is -2.18. The van der Waals surface area contributed by atoms with E-state index >= 15 is 0 Å². The van der Waals surface area contributed by atoms with Gasteiger partial charge in [0.2, 0.25) is 0 Å². The van der Waals surface area contributed by atoms with E-state index in [9.17, 15) is 0 Å². The molecule has 0 saturated heterocycles. The molecule has 0 aliphatic heterocycles. The van der Waals surface area contributed by atoms with Crippen molar-refractivity contribution >= 4 is 24.2 Å². The summed E-state index contributed by atoms with van der Waals surface area (Å²) in [5.74, 6) is 0.561. The summed E-state index contributed by atoms with van der Waals surface area (Å²) in [5.41, 5.74) is 1.50. The molecule has 0 bridgehead atoms. The number of para-hydroxylation sites is 1. The van der Waals surface area contributed by atoms with Gasteiger partial charge in [-0.3, -0.25) is 4.52 Å². The molecule has 1 heterocycles. The molecule has 0 radical (unpaired) electrons. The summed E-state index contributed by atoms with van der Waals surface area (Å²) in [6.07, 6.45) is 3.06. The summed E-state index contributed by atoms with van der Waals surface area (Å²) >= 11 is 5.40. The minimum absolute atomic E-state index is 0.369. The zero-order chi connectivity index (χ0) is 18.2. The maximum atomic E-state index is 5.71. The van der Waals surface area contributed by atoms with Gasteiger partial charge in [-0.05, 0) is 12.1 Å². The zero-order valence-corrected chi connectivity index (χ0v) is 15.7. The van der Waals surface area contributed by atoms with Crippen molar-refractivity contribution in [3.05, 3.63) is 78.9 Å². The first-order valence-corrected chi connectivity index (χ1v) is 10.3. The van der Waals surface area contributed by atoms with Gasteiger partial charge in [-0.15, -0.1) is 0 Å². The minimum Gasteiger partial charge on any atom is -0.415 e. The van der Waals surface area contributed by atoms with Crippen LogP contribution in [-0.4, -0.2) is 27.6 Å². The predicted molar refractivity (Wildman–Crippen MR) is 102 cm³/mol. The molecule has 1 atom stereocenters. The number of nitrogens with zero attached hydrogens (tertiary/aromatic N) is 4. The van der Waals surface area contributed by atoms with Crippen LogP contribution in [0.1, 0.15) is 5.56 Å². The lowest BCUT2D eigenvalue weighted by molar-refractivity contribution is 0.240. The molecule has 26 heavy (non-hydrogen) atoms. The largest absolute Gasteiger partial charge is 0.455 e. The minimum atomic E-state index is -3.09. The van der Waals surface area contributed by atoms with Crippen molar-refractivity contribution in [2.45, 2.75) is 6.54 Å². The van der Waals surface area contributed by atoms with E-state index in [4.69, 9.17) is 25.5 Å². The SMILES string of the molecule is COP(=S)(O/N=C(\Cn1cncn1)c1ccccc1)Oc1ccccc1. The normalized spacial score (nSPS) is 13.8. The molecule has 2 aromatic carbocycles. The highest BCUT2D eigenvalue weighted by atomic mass is 32.5. The van der Waals surface area contributed by atoms with Crippen molar-refractivity contribution in [3.8, 4) is 5.75 Å². The first-order valence-electron chi connectivity index (χ1n) is 7.72. The molecule has 1 aromatic heterocycles. The molecule has 0 aliphatic rings. The number of benzene rings is 2. The number of hydrogen-bond donors (Lipinski definition) is 0. The topological polar surface area (TPSA) is 70.8 Å². The average Bonchev–Trinajstić information content (AvgIpc) is 3.20. The Hall–Kier alpha value is -2.54. The molecule has 9 heteroatoms. The average molecular weight is 388 g/mol. The molecule has 3 rings (SSSR count). The maximum absolute atomic E-state index is 5.71. The van der Waals surface area contributed by atoms with Crippen molar-refractivity contribution < 1.29 is 13.7 Å². The van der Waals surface area contributed by atoms with E-state index in [0.717, 1.165) is 5.56 Å². The Kier molecular flexibility index (Phi) is 6.12. The molecule has 0 fully saturated rings. The molecule has 134 valence electrons. The van der Waals surface area contributed by atoms with Gasteiger partial charge in [0.25, 0.3) is 0 Å². The Labute approximate surface area is 156 Å². The molecule has 7 nitrogen and oxygen atoms in total. The van der Waals surface area contributed by atoms with E-state index in [0.29, 0.717) is 18.0 Å². The highest BCUT2D eigenvalue weighted by molar-refractivity contribution is 8.07. The van der Waals surface area contributed by atoms with E-state index in [2.05, 4.69) is 15.2 Å². The van der Waals surface area contributed by atoms with Crippen molar-refractivity contribution in [2.24, 2.45) is 5.16 Å². The molecule has 1 unspecified atom stereocenters. The number of aromatic nitrogens is 3. The number of hydrogen-bond acceptors (Lipinski definition) is 7. The summed E-state index contributed by atoms with van der Waals surface area (Å²) in [6.45, 7) is -2.72. The Morgan fingerprint density at radius 2 is 1.81 bits per heavy atom. The fourth-order valence-electron chi connectivity index (χ4n) is 2.07. The Morgan fingerprint density at radius 1 is 1.12 bits per heavy atom. The Bertz CT molecular complexity index is 889. The van der Waals surface area contributed by atoms with Crippen LogP contribution in [0.2, 0.25) is 0 Å². The highest BCUT2D eigenvalue weighted by Gasteiger charge is 2.23. The van der Waals surface area contributed by atoms with Crippen molar-refractivity contribution in [2.75, 3.05) is 7.11 Å². The van der Waals surface area contributed by atoms with E-state index < -0.39 is 6.72 Å². The van der Waals surface area contributed by atoms with Gasteiger partial charge in [-0.2, -0.15) is 5.10 Å². The summed E-state index contributed by atoms with van der Waals surface area (Å²) < 4.78 is 18.2. The van der Waals surface area contributed by atoms with Crippen LogP contribution in [0.4, 0.5) is 0 Å². The highest BCUT2D eigenvalue weighted by Crippen LogP contribution is 2.49. The quantitative estimate of drug-likeness (QED) is 0.333. The van der Waals surface area contributed by atoms with Crippen LogP contribution in [0.3, 0.4) is 0 Å². The molecular weight excluding hydrogens is 371 g/mol. The van der Waals surface area contributed by atoms with E-state index in [-0.39, 0.29) is 0 Å². The fraction of sp³-hybridized carbons (Fsp3) is 0.118. The Balaban J connectivity index is 1.83. The molecule has 0 spiro atoms. The smallest absolute Gasteiger partial charge is 0.415 e. The third-order valence-electron chi connectivity index (χ3n) is 3.32. The molecule has 0 N–H and O–H groups in total. The molecular formula is C17H17N4O3PS. The molecule has 0 saturated carbocycles. The van der Waals surface area contributed by atoms with Crippen LogP contribution in [0.25, 0.3) is 0 Å². The van der Waals surface area contributed by atoms with Crippen LogP contribution in [0.5, 0.6) is 5.75 Å². The zero-order valence-electron chi connectivity index (χ0n) is 14.0. The second kappa shape index (κ2) is 8.71. The number of oxime groups is 1. The van der Waals surface area contributed by atoms with Crippen LogP contribution in [0, 0.1) is 0 Å². The third-order valence-corrected chi connectivity index (χ3v) is 5.35. The van der Waals surface area contributed by atoms with Gasteiger partial charge in [0.1, 0.15) is 24.1 Å². The van der Waals surface area contributed by atoms with Gasteiger partial charge in [0.15, 0.2) is 0 Å². The van der Waals surface area contributed by atoms with E-state index in [1.165, 1.54) is 13.4 Å². The van der Waals surface area contributed by atoms with Gasteiger partial charge >= 0.3 is 6.72 Å². The van der Waals surface area contributed by atoms with Crippen LogP contribution >= 0.6 is 6.72 Å². The summed E-state index contributed by atoms with van der Waals surface area (Å²) in [4.78, 5) is 3.94. The third kappa shape index (κ3) is 4.98. The van der Waals surface area contributed by atoms with E-state index in [1.54, 1.807) is 23.1 Å². The monoisotopic (exact) mass is 388 g/mol. The van der Waals surface area contributed by atoms with Gasteiger partial charge in [0, 0.05) is 24.5 Å². The molecule has 0 aliphatic carbocycles. The summed E-state index contributed by atoms with van der Waals surface area (Å²) in [7, 11) is 1.44. The Morgan fingerprint density at radius 3 is 2.42 bits per heavy atom. The van der Waals surface area contributed by atoms with Crippen molar-refractivity contribution in [1.82, 2.24) is 14.8 Å². The predicted octanol–water partition coefficient (Wildman–Crippen LogP) is 3.65. The van der Waals surface area contributed by atoms with Crippen molar-refractivity contribution in [3.63, 3.8) is 0 Å². The van der Waals surface area contributed by atoms with Crippen LogP contribution < -0.4 is 4.52 Å². The molecule has 0 amide bonds. The van der Waals surface area contributed by atoms with Crippen LogP contribution in [-0.2, 0) is 27.5 Å². The lowest BCUT2D eigenvalue weighted by Crippen LogP contribution is -2.13. The van der Waals surface area contributed by atoms with Crippen molar-refractivity contribution in [1.29, 1.82) is 0 Å². The number of rotatable bonds is 8. The summed E-state index contributed by atoms with van der Waals surface area (Å²) in [5, 5.41) is 8.33. The first-order chi connectivity index (χ1) is 12.7. The van der Waals surface area contributed by atoms with Gasteiger partial charge in [-0.1, -0.05) is 53.7 Å². The summed E-state index contributed by atoms with van der Waals surface area (Å²) in [6, 6.07) is 18.7. The standard InChI is InChI=1S/C17H17N4O3PS/c1-22-25(26,23-16-10-6-3-7-11-16)24-20-17(12-21-14-18-13-19-21)15-8-4-2-5-9-15/h2-11,13-14H,12H2,1H3/b20-17+. The first kappa shape index (κ1) is 18.3. The molecule has 3 aromatic rings.